The van der Waals surface area contributed by atoms with Crippen molar-refractivity contribution in [2.75, 3.05) is 19.8 Å². The van der Waals surface area contributed by atoms with Gasteiger partial charge in [-0.25, -0.2) is 0 Å². The third kappa shape index (κ3) is 3.09. The van der Waals surface area contributed by atoms with E-state index in [0.29, 0.717) is 19.4 Å². The Kier molecular flexibility index (Phi) is 3.96. The lowest BCUT2D eigenvalue weighted by Gasteiger charge is -2.28. The van der Waals surface area contributed by atoms with Gasteiger partial charge in [0.05, 0.1) is 12.6 Å². The fourth-order valence-corrected chi connectivity index (χ4v) is 1.62. The van der Waals surface area contributed by atoms with Crippen molar-refractivity contribution in [3.05, 3.63) is 0 Å². The van der Waals surface area contributed by atoms with Gasteiger partial charge in [0.15, 0.2) is 0 Å². The fourth-order valence-electron chi connectivity index (χ4n) is 1.62. The molecule has 1 aliphatic rings. The molecular formula is C9H14F3NO2. The van der Waals surface area contributed by atoms with Crippen molar-refractivity contribution >= 4 is 5.91 Å². The van der Waals surface area contributed by atoms with Gasteiger partial charge in [0.1, 0.15) is 0 Å². The van der Waals surface area contributed by atoms with E-state index < -0.39 is 18.1 Å². The summed E-state index contributed by atoms with van der Waals surface area (Å²) in [7, 11) is 0. The third-order valence-corrected chi connectivity index (χ3v) is 2.31. The normalized spacial score (nSPS) is 21.7. The number of amides is 1. The van der Waals surface area contributed by atoms with E-state index in [1.807, 2.05) is 0 Å². The minimum Gasteiger partial charge on any atom is -0.379 e. The standard InChI is InChI=1S/C9H14F3NO2/c1-2-4-13(7-3-5-15-6-7)8(14)9(10,11)12/h7H,2-6H2,1H3. The Hall–Kier alpha value is -0.780. The molecule has 0 spiro atoms. The van der Waals surface area contributed by atoms with Gasteiger partial charge in [0, 0.05) is 13.2 Å². The second-order valence-corrected chi connectivity index (χ2v) is 3.51. The zero-order chi connectivity index (χ0) is 11.5. The summed E-state index contributed by atoms with van der Waals surface area (Å²) >= 11 is 0. The smallest absolute Gasteiger partial charge is 0.379 e. The van der Waals surface area contributed by atoms with Gasteiger partial charge in [-0.05, 0) is 12.8 Å². The summed E-state index contributed by atoms with van der Waals surface area (Å²) in [5.41, 5.74) is 0. The minimum absolute atomic E-state index is 0.131. The first kappa shape index (κ1) is 12.3. The quantitative estimate of drug-likeness (QED) is 0.729. The summed E-state index contributed by atoms with van der Waals surface area (Å²) in [6.07, 6.45) is -3.78. The van der Waals surface area contributed by atoms with Gasteiger partial charge < -0.3 is 9.64 Å². The number of rotatable bonds is 3. The van der Waals surface area contributed by atoms with Gasteiger partial charge >= 0.3 is 12.1 Å². The Bertz CT molecular complexity index is 224. The van der Waals surface area contributed by atoms with E-state index >= 15 is 0 Å². The Balaban J connectivity index is 2.68. The largest absolute Gasteiger partial charge is 0.471 e. The lowest BCUT2D eigenvalue weighted by atomic mass is 10.2. The van der Waals surface area contributed by atoms with Crippen molar-refractivity contribution in [1.82, 2.24) is 4.90 Å². The average Bonchev–Trinajstić information content (AvgIpc) is 2.64. The second kappa shape index (κ2) is 4.83. The number of nitrogens with zero attached hydrogens (tertiary/aromatic N) is 1. The molecule has 6 heteroatoms. The van der Waals surface area contributed by atoms with Crippen LogP contribution in [0.1, 0.15) is 19.8 Å². The van der Waals surface area contributed by atoms with Crippen molar-refractivity contribution in [3.63, 3.8) is 0 Å². The number of hydrogen-bond donors (Lipinski definition) is 0. The summed E-state index contributed by atoms with van der Waals surface area (Å²) in [4.78, 5) is 12.0. The van der Waals surface area contributed by atoms with E-state index in [4.69, 9.17) is 4.74 Å². The molecule has 1 unspecified atom stereocenters. The molecule has 1 aliphatic heterocycles. The molecule has 3 nitrogen and oxygen atoms in total. The number of ether oxygens (including phenoxy) is 1. The first-order chi connectivity index (χ1) is 6.96. The third-order valence-electron chi connectivity index (χ3n) is 2.31. The molecule has 0 saturated carbocycles. The molecule has 0 N–H and O–H groups in total. The molecule has 0 bridgehead atoms. The van der Waals surface area contributed by atoms with Crippen LogP contribution in [-0.4, -0.2) is 42.8 Å². The number of alkyl halides is 3. The molecule has 88 valence electrons. The van der Waals surface area contributed by atoms with E-state index in [9.17, 15) is 18.0 Å². The molecule has 1 rings (SSSR count). The summed E-state index contributed by atoms with van der Waals surface area (Å²) < 4.78 is 41.7. The maximum absolute atomic E-state index is 12.2. The van der Waals surface area contributed by atoms with Crippen LogP contribution < -0.4 is 0 Å². The van der Waals surface area contributed by atoms with Crippen LogP contribution in [0.25, 0.3) is 0 Å². The zero-order valence-corrected chi connectivity index (χ0v) is 8.51. The first-order valence-electron chi connectivity index (χ1n) is 4.92. The molecule has 15 heavy (non-hydrogen) atoms. The molecule has 0 aromatic heterocycles. The van der Waals surface area contributed by atoms with E-state index in [0.717, 1.165) is 4.90 Å². The predicted molar refractivity (Wildman–Crippen MR) is 47.3 cm³/mol. The highest BCUT2D eigenvalue weighted by atomic mass is 19.4. The molecule has 1 saturated heterocycles. The Morgan fingerprint density at radius 2 is 2.20 bits per heavy atom. The molecule has 1 heterocycles. The SMILES string of the molecule is CCCN(C(=O)C(F)(F)F)C1CCOC1. The Labute approximate surface area is 86.2 Å². The molecule has 1 atom stereocenters. The molecule has 0 aromatic carbocycles. The summed E-state index contributed by atoms with van der Waals surface area (Å²) in [6.45, 7) is 2.51. The van der Waals surface area contributed by atoms with Gasteiger partial charge in [-0.3, -0.25) is 4.79 Å². The Morgan fingerprint density at radius 1 is 1.53 bits per heavy atom. The summed E-state index contributed by atoms with van der Waals surface area (Å²) in [6, 6.07) is -0.418. The molecule has 0 aliphatic carbocycles. The van der Waals surface area contributed by atoms with Gasteiger partial charge in [0.2, 0.25) is 0 Å². The van der Waals surface area contributed by atoms with Crippen molar-refractivity contribution in [1.29, 1.82) is 0 Å². The van der Waals surface area contributed by atoms with Gasteiger partial charge in [-0.2, -0.15) is 13.2 Å². The summed E-state index contributed by atoms with van der Waals surface area (Å²) in [5.74, 6) is -1.75. The highest BCUT2D eigenvalue weighted by Gasteiger charge is 2.44. The Morgan fingerprint density at radius 3 is 2.60 bits per heavy atom. The van der Waals surface area contributed by atoms with Crippen molar-refractivity contribution < 1.29 is 22.7 Å². The van der Waals surface area contributed by atoms with E-state index in [1.165, 1.54) is 0 Å². The van der Waals surface area contributed by atoms with Crippen molar-refractivity contribution in [2.24, 2.45) is 0 Å². The van der Waals surface area contributed by atoms with Crippen LogP contribution >= 0.6 is 0 Å². The zero-order valence-electron chi connectivity index (χ0n) is 8.51. The fraction of sp³-hybridized carbons (Fsp3) is 0.889. The number of hydrogen-bond acceptors (Lipinski definition) is 2. The van der Waals surface area contributed by atoms with Gasteiger partial charge in [0.25, 0.3) is 0 Å². The number of halogens is 3. The maximum Gasteiger partial charge on any atom is 0.471 e. The monoisotopic (exact) mass is 225 g/mol. The number of carbonyl (C=O) groups excluding carboxylic acids is 1. The summed E-state index contributed by atoms with van der Waals surface area (Å²) in [5, 5.41) is 0. The molecule has 1 amide bonds. The lowest BCUT2D eigenvalue weighted by Crippen LogP contribution is -2.47. The van der Waals surface area contributed by atoms with E-state index in [-0.39, 0.29) is 13.2 Å². The predicted octanol–water partition coefficient (Wildman–Crippen LogP) is 1.58. The van der Waals surface area contributed by atoms with Crippen LogP contribution in [0.3, 0.4) is 0 Å². The number of carbonyl (C=O) groups is 1. The van der Waals surface area contributed by atoms with Crippen molar-refractivity contribution in [3.8, 4) is 0 Å². The minimum atomic E-state index is -4.78. The first-order valence-corrected chi connectivity index (χ1v) is 4.92. The second-order valence-electron chi connectivity index (χ2n) is 3.51. The van der Waals surface area contributed by atoms with Crippen molar-refractivity contribution in [2.45, 2.75) is 32.0 Å². The van der Waals surface area contributed by atoms with Crippen LogP contribution in [0.4, 0.5) is 13.2 Å². The highest BCUT2D eigenvalue weighted by molar-refractivity contribution is 5.82. The van der Waals surface area contributed by atoms with Crippen LogP contribution in [0.2, 0.25) is 0 Å². The topological polar surface area (TPSA) is 29.5 Å². The van der Waals surface area contributed by atoms with Crippen LogP contribution in [0.5, 0.6) is 0 Å². The van der Waals surface area contributed by atoms with Gasteiger partial charge in [-0.15, -0.1) is 0 Å². The van der Waals surface area contributed by atoms with Gasteiger partial charge in [-0.1, -0.05) is 6.92 Å². The average molecular weight is 225 g/mol. The van der Waals surface area contributed by atoms with Crippen LogP contribution in [0.15, 0.2) is 0 Å². The van der Waals surface area contributed by atoms with E-state index in [2.05, 4.69) is 0 Å². The molecule has 1 fully saturated rings. The highest BCUT2D eigenvalue weighted by Crippen LogP contribution is 2.23. The van der Waals surface area contributed by atoms with Crippen LogP contribution in [-0.2, 0) is 9.53 Å². The molecule has 0 aromatic rings. The molecule has 0 radical (unpaired) electrons. The van der Waals surface area contributed by atoms with Crippen LogP contribution in [0, 0.1) is 0 Å². The maximum atomic E-state index is 12.2. The molecular weight excluding hydrogens is 211 g/mol. The lowest BCUT2D eigenvalue weighted by molar-refractivity contribution is -0.187. The van der Waals surface area contributed by atoms with E-state index in [1.54, 1.807) is 6.92 Å².